The molecule has 1 fully saturated rings. The van der Waals surface area contributed by atoms with E-state index in [1.807, 2.05) is 6.07 Å². The zero-order valence-corrected chi connectivity index (χ0v) is 15.0. The van der Waals surface area contributed by atoms with Crippen LogP contribution in [0.3, 0.4) is 0 Å². The summed E-state index contributed by atoms with van der Waals surface area (Å²) in [5, 5.41) is 5.65. The number of anilines is 2. The number of rotatable bonds is 6. The van der Waals surface area contributed by atoms with Crippen molar-refractivity contribution in [2.75, 3.05) is 56.6 Å². The van der Waals surface area contributed by atoms with Crippen molar-refractivity contribution in [3.63, 3.8) is 0 Å². The summed E-state index contributed by atoms with van der Waals surface area (Å²) in [4.78, 5) is 20.8. The molecular weight excluding hydrogens is 330 g/mol. The highest BCUT2D eigenvalue weighted by atomic mass is 16.5. The van der Waals surface area contributed by atoms with Gasteiger partial charge >= 0.3 is 6.03 Å². The number of ether oxygens (including phenoxy) is 1. The van der Waals surface area contributed by atoms with Crippen LogP contribution >= 0.6 is 0 Å². The van der Waals surface area contributed by atoms with Crippen molar-refractivity contribution >= 4 is 17.4 Å². The van der Waals surface area contributed by atoms with Gasteiger partial charge in [0.15, 0.2) is 0 Å². The highest BCUT2D eigenvalue weighted by Crippen LogP contribution is 2.19. The summed E-state index contributed by atoms with van der Waals surface area (Å²) in [6.07, 6.45) is 1.62. The van der Waals surface area contributed by atoms with Gasteiger partial charge in [0.05, 0.1) is 7.11 Å². The van der Waals surface area contributed by atoms with E-state index in [0.717, 1.165) is 32.7 Å². The van der Waals surface area contributed by atoms with Gasteiger partial charge in [-0.05, 0) is 24.3 Å². The summed E-state index contributed by atoms with van der Waals surface area (Å²) < 4.78 is 5.13. The third kappa shape index (κ3) is 4.86. The van der Waals surface area contributed by atoms with E-state index in [4.69, 9.17) is 4.74 Å². The highest BCUT2D eigenvalue weighted by molar-refractivity contribution is 5.90. The number of aromatic nitrogens is 1. The molecule has 0 radical (unpaired) electrons. The molecule has 7 heteroatoms. The summed E-state index contributed by atoms with van der Waals surface area (Å²) in [6.45, 7) is 5.43. The zero-order chi connectivity index (χ0) is 18.2. The lowest BCUT2D eigenvalue weighted by Gasteiger charge is -2.36. The minimum Gasteiger partial charge on any atom is -0.480 e. The molecule has 26 heavy (non-hydrogen) atoms. The van der Waals surface area contributed by atoms with Crippen LogP contribution < -0.4 is 20.3 Å². The molecule has 0 spiro atoms. The third-order valence-corrected chi connectivity index (χ3v) is 4.42. The second-order valence-corrected chi connectivity index (χ2v) is 6.11. The van der Waals surface area contributed by atoms with E-state index in [9.17, 15) is 4.79 Å². The number of para-hydroxylation sites is 1. The van der Waals surface area contributed by atoms with Gasteiger partial charge < -0.3 is 20.3 Å². The van der Waals surface area contributed by atoms with Crippen molar-refractivity contribution in [1.29, 1.82) is 0 Å². The Balaban J connectivity index is 1.37. The largest absolute Gasteiger partial charge is 0.480 e. The van der Waals surface area contributed by atoms with E-state index in [-0.39, 0.29) is 6.03 Å². The van der Waals surface area contributed by atoms with E-state index >= 15 is 0 Å². The Morgan fingerprint density at radius 1 is 1.12 bits per heavy atom. The van der Waals surface area contributed by atoms with E-state index in [0.29, 0.717) is 18.1 Å². The molecular formula is C19H25N5O2. The van der Waals surface area contributed by atoms with Gasteiger partial charge in [0.1, 0.15) is 5.69 Å². The molecule has 0 unspecified atom stereocenters. The molecule has 1 aromatic carbocycles. The molecule has 7 nitrogen and oxygen atoms in total. The number of nitrogens with zero attached hydrogens (tertiary/aromatic N) is 3. The number of nitrogens with one attached hydrogen (secondary N) is 2. The molecule has 2 aromatic rings. The van der Waals surface area contributed by atoms with Crippen molar-refractivity contribution in [3.05, 3.63) is 48.7 Å². The average molecular weight is 355 g/mol. The average Bonchev–Trinajstić information content (AvgIpc) is 2.69. The Kier molecular flexibility index (Phi) is 6.27. The molecule has 138 valence electrons. The van der Waals surface area contributed by atoms with E-state index < -0.39 is 0 Å². The number of pyridine rings is 1. The quantitative estimate of drug-likeness (QED) is 0.830. The first-order valence-corrected chi connectivity index (χ1v) is 8.82. The van der Waals surface area contributed by atoms with Gasteiger partial charge in [0.25, 0.3) is 0 Å². The molecule has 3 rings (SSSR count). The number of carbonyl (C=O) groups excluding carboxylic acids is 1. The molecule has 2 N–H and O–H groups in total. The maximum absolute atomic E-state index is 12.0. The lowest BCUT2D eigenvalue weighted by molar-refractivity contribution is 0.240. The lowest BCUT2D eigenvalue weighted by atomic mass is 10.2. The Morgan fingerprint density at radius 2 is 1.88 bits per heavy atom. The van der Waals surface area contributed by atoms with Crippen LogP contribution in [-0.2, 0) is 0 Å². The summed E-state index contributed by atoms with van der Waals surface area (Å²) in [7, 11) is 1.53. The third-order valence-electron chi connectivity index (χ3n) is 4.42. The Labute approximate surface area is 154 Å². The SMILES string of the molecule is COc1ncccc1NC(=O)NCCN1CCN(c2ccccc2)CC1. The first-order chi connectivity index (χ1) is 12.8. The number of benzene rings is 1. The van der Waals surface area contributed by atoms with Crippen LogP contribution in [0.15, 0.2) is 48.7 Å². The normalized spacial score (nSPS) is 14.7. The van der Waals surface area contributed by atoms with Crippen molar-refractivity contribution < 1.29 is 9.53 Å². The molecule has 0 saturated carbocycles. The summed E-state index contributed by atoms with van der Waals surface area (Å²) in [5.74, 6) is 0.402. The van der Waals surface area contributed by atoms with Crippen LogP contribution in [0, 0.1) is 0 Å². The molecule has 0 aliphatic carbocycles. The monoisotopic (exact) mass is 355 g/mol. The molecule has 0 atom stereocenters. The fraction of sp³-hybridized carbons (Fsp3) is 0.368. The van der Waals surface area contributed by atoms with E-state index in [1.165, 1.54) is 12.8 Å². The number of amides is 2. The lowest BCUT2D eigenvalue weighted by Crippen LogP contribution is -2.48. The zero-order valence-electron chi connectivity index (χ0n) is 15.0. The maximum Gasteiger partial charge on any atom is 0.319 e. The smallest absolute Gasteiger partial charge is 0.319 e. The van der Waals surface area contributed by atoms with Crippen LogP contribution in [-0.4, -0.2) is 62.3 Å². The molecule has 0 bridgehead atoms. The topological polar surface area (TPSA) is 69.7 Å². The van der Waals surface area contributed by atoms with Crippen molar-refractivity contribution in [2.24, 2.45) is 0 Å². The summed E-state index contributed by atoms with van der Waals surface area (Å²) in [5.41, 5.74) is 1.83. The number of hydrogen-bond acceptors (Lipinski definition) is 5. The van der Waals surface area contributed by atoms with E-state index in [2.05, 4.69) is 49.7 Å². The Hall–Kier alpha value is -2.80. The molecule has 1 saturated heterocycles. The number of urea groups is 1. The number of methoxy groups -OCH3 is 1. The number of piperazine rings is 1. The second kappa shape index (κ2) is 9.05. The van der Waals surface area contributed by atoms with Crippen molar-refractivity contribution in [2.45, 2.75) is 0 Å². The van der Waals surface area contributed by atoms with Crippen molar-refractivity contribution in [1.82, 2.24) is 15.2 Å². The molecule has 2 amide bonds. The second-order valence-electron chi connectivity index (χ2n) is 6.11. The Morgan fingerprint density at radius 3 is 2.62 bits per heavy atom. The highest BCUT2D eigenvalue weighted by Gasteiger charge is 2.17. The molecule has 2 heterocycles. The first-order valence-electron chi connectivity index (χ1n) is 8.82. The van der Waals surface area contributed by atoms with Crippen molar-refractivity contribution in [3.8, 4) is 5.88 Å². The summed E-state index contributed by atoms with van der Waals surface area (Å²) in [6, 6.07) is 13.7. The predicted molar refractivity (Wildman–Crippen MR) is 103 cm³/mol. The fourth-order valence-electron chi connectivity index (χ4n) is 3.01. The van der Waals surface area contributed by atoms with Gasteiger partial charge in [-0.2, -0.15) is 0 Å². The van der Waals surface area contributed by atoms with Crippen LogP contribution in [0.4, 0.5) is 16.2 Å². The van der Waals surface area contributed by atoms with Gasteiger partial charge in [-0.1, -0.05) is 18.2 Å². The van der Waals surface area contributed by atoms with Gasteiger partial charge in [-0.15, -0.1) is 0 Å². The standard InChI is InChI=1S/C19H25N5O2/c1-26-18-17(8-5-9-20-18)22-19(25)21-10-11-23-12-14-24(15-13-23)16-6-3-2-4-7-16/h2-9H,10-15H2,1H3,(H2,21,22,25). The van der Waals surface area contributed by atoms with Gasteiger partial charge in [0, 0.05) is 51.2 Å². The van der Waals surface area contributed by atoms with Crippen LogP contribution in [0.5, 0.6) is 5.88 Å². The predicted octanol–water partition coefficient (Wildman–Crippen LogP) is 2.03. The Bertz CT molecular complexity index is 702. The minimum absolute atomic E-state index is 0.251. The van der Waals surface area contributed by atoms with Crippen LogP contribution in [0.1, 0.15) is 0 Å². The number of carbonyl (C=O) groups is 1. The maximum atomic E-state index is 12.0. The summed E-state index contributed by atoms with van der Waals surface area (Å²) >= 11 is 0. The minimum atomic E-state index is -0.251. The molecule has 1 aliphatic heterocycles. The van der Waals surface area contributed by atoms with Gasteiger partial charge in [-0.3, -0.25) is 4.90 Å². The van der Waals surface area contributed by atoms with E-state index in [1.54, 1.807) is 18.3 Å². The molecule has 1 aliphatic rings. The van der Waals surface area contributed by atoms with Gasteiger partial charge in [0.2, 0.25) is 5.88 Å². The van der Waals surface area contributed by atoms with Crippen LogP contribution in [0.25, 0.3) is 0 Å². The first kappa shape index (κ1) is 18.0. The number of hydrogen-bond donors (Lipinski definition) is 2. The fourth-order valence-corrected chi connectivity index (χ4v) is 3.01. The van der Waals surface area contributed by atoms with Crippen LogP contribution in [0.2, 0.25) is 0 Å². The molecule has 1 aromatic heterocycles. The van der Waals surface area contributed by atoms with Gasteiger partial charge in [-0.25, -0.2) is 9.78 Å².